The summed E-state index contributed by atoms with van der Waals surface area (Å²) < 4.78 is 0. The van der Waals surface area contributed by atoms with Gasteiger partial charge in [0.25, 0.3) is 0 Å². The molecule has 1 heterocycles. The number of benzene rings is 1. The SMILES string of the molecule is CNC(=S)NCCSC(c1ccccc1)c1ccc(Cl)cn1. The van der Waals surface area contributed by atoms with Gasteiger partial charge < -0.3 is 10.6 Å². The van der Waals surface area contributed by atoms with Gasteiger partial charge in [-0.15, -0.1) is 11.8 Å². The summed E-state index contributed by atoms with van der Waals surface area (Å²) in [5.41, 5.74) is 2.25. The van der Waals surface area contributed by atoms with Crippen LogP contribution in [0.2, 0.25) is 5.02 Å². The van der Waals surface area contributed by atoms with Gasteiger partial charge in [-0.1, -0.05) is 41.9 Å². The maximum atomic E-state index is 5.94. The third-order valence-electron chi connectivity index (χ3n) is 3.02. The van der Waals surface area contributed by atoms with Crippen LogP contribution in [0.25, 0.3) is 0 Å². The minimum Gasteiger partial charge on any atom is -0.366 e. The summed E-state index contributed by atoms with van der Waals surface area (Å²) in [6, 6.07) is 14.2. The molecule has 2 rings (SSSR count). The summed E-state index contributed by atoms with van der Waals surface area (Å²) in [6.07, 6.45) is 1.70. The van der Waals surface area contributed by atoms with Crippen molar-refractivity contribution in [2.45, 2.75) is 5.25 Å². The van der Waals surface area contributed by atoms with Crippen molar-refractivity contribution < 1.29 is 0 Å². The number of thiocarbonyl (C=S) groups is 1. The summed E-state index contributed by atoms with van der Waals surface area (Å²) >= 11 is 12.8. The van der Waals surface area contributed by atoms with Gasteiger partial charge in [-0.3, -0.25) is 4.98 Å². The van der Waals surface area contributed by atoms with Crippen LogP contribution in [0.15, 0.2) is 48.7 Å². The number of pyridine rings is 1. The molecular formula is C16H18ClN3S2. The van der Waals surface area contributed by atoms with Crippen LogP contribution < -0.4 is 10.6 Å². The molecular weight excluding hydrogens is 334 g/mol. The maximum absolute atomic E-state index is 5.94. The number of hydrogen-bond donors (Lipinski definition) is 2. The van der Waals surface area contributed by atoms with Crippen LogP contribution in [0, 0.1) is 0 Å². The quantitative estimate of drug-likeness (QED) is 0.613. The van der Waals surface area contributed by atoms with Crippen molar-refractivity contribution in [1.29, 1.82) is 0 Å². The van der Waals surface area contributed by atoms with Crippen molar-refractivity contribution in [3.05, 3.63) is 64.9 Å². The molecule has 0 amide bonds. The molecule has 1 aromatic heterocycles. The zero-order valence-electron chi connectivity index (χ0n) is 12.3. The second kappa shape index (κ2) is 8.98. The second-order valence-corrected chi connectivity index (χ2v) is 6.63. The Hall–Kier alpha value is -1.30. The molecule has 0 aliphatic rings. The van der Waals surface area contributed by atoms with Gasteiger partial charge in [0.2, 0.25) is 0 Å². The number of thioether (sulfide) groups is 1. The Labute approximate surface area is 145 Å². The van der Waals surface area contributed by atoms with Crippen LogP contribution in [0.3, 0.4) is 0 Å². The van der Waals surface area contributed by atoms with Gasteiger partial charge in [-0.25, -0.2) is 0 Å². The number of nitrogens with zero attached hydrogens (tertiary/aromatic N) is 1. The first-order valence-electron chi connectivity index (χ1n) is 6.94. The van der Waals surface area contributed by atoms with Crippen LogP contribution in [-0.2, 0) is 0 Å². The molecule has 0 spiro atoms. The Morgan fingerprint density at radius 3 is 2.68 bits per heavy atom. The highest BCUT2D eigenvalue weighted by molar-refractivity contribution is 7.99. The summed E-state index contributed by atoms with van der Waals surface area (Å²) in [7, 11) is 1.81. The summed E-state index contributed by atoms with van der Waals surface area (Å²) in [5.74, 6) is 0.922. The molecule has 0 aliphatic carbocycles. The first-order chi connectivity index (χ1) is 10.7. The van der Waals surface area contributed by atoms with Crippen molar-refractivity contribution in [2.75, 3.05) is 19.3 Å². The number of nitrogens with one attached hydrogen (secondary N) is 2. The predicted octanol–water partition coefficient (Wildman–Crippen LogP) is 3.65. The van der Waals surface area contributed by atoms with Crippen LogP contribution in [0.4, 0.5) is 0 Å². The lowest BCUT2D eigenvalue weighted by Gasteiger charge is -2.17. The van der Waals surface area contributed by atoms with Crippen LogP contribution in [0.5, 0.6) is 0 Å². The molecule has 2 N–H and O–H groups in total. The van der Waals surface area contributed by atoms with E-state index in [0.717, 1.165) is 18.0 Å². The molecule has 22 heavy (non-hydrogen) atoms. The Balaban J connectivity index is 2.06. The van der Waals surface area contributed by atoms with Crippen LogP contribution in [-0.4, -0.2) is 29.4 Å². The lowest BCUT2D eigenvalue weighted by molar-refractivity contribution is 0.938. The van der Waals surface area contributed by atoms with E-state index in [-0.39, 0.29) is 5.25 Å². The van der Waals surface area contributed by atoms with Gasteiger partial charge >= 0.3 is 0 Å². The number of hydrogen-bond acceptors (Lipinski definition) is 3. The van der Waals surface area contributed by atoms with Crippen LogP contribution in [0.1, 0.15) is 16.5 Å². The molecule has 0 bridgehead atoms. The molecule has 0 aliphatic heterocycles. The number of halogens is 1. The van der Waals surface area contributed by atoms with Crippen molar-refractivity contribution >= 4 is 40.7 Å². The lowest BCUT2D eigenvalue weighted by atomic mass is 10.1. The summed E-state index contributed by atoms with van der Waals surface area (Å²) in [6.45, 7) is 0.807. The molecule has 1 aromatic carbocycles. The minimum atomic E-state index is 0.184. The van der Waals surface area contributed by atoms with E-state index in [4.69, 9.17) is 23.8 Å². The molecule has 116 valence electrons. The highest BCUT2D eigenvalue weighted by atomic mass is 35.5. The van der Waals surface area contributed by atoms with Crippen molar-refractivity contribution in [3.63, 3.8) is 0 Å². The molecule has 0 saturated heterocycles. The normalized spacial score (nSPS) is 11.7. The number of aromatic nitrogens is 1. The topological polar surface area (TPSA) is 37.0 Å². The van der Waals surface area contributed by atoms with Gasteiger partial charge in [0.1, 0.15) is 0 Å². The molecule has 0 saturated carbocycles. The van der Waals surface area contributed by atoms with E-state index >= 15 is 0 Å². The molecule has 6 heteroatoms. The Bertz CT molecular complexity index is 590. The van der Waals surface area contributed by atoms with E-state index < -0.39 is 0 Å². The fraction of sp³-hybridized carbons (Fsp3) is 0.250. The highest BCUT2D eigenvalue weighted by Gasteiger charge is 2.15. The Kier molecular flexibility index (Phi) is 6.96. The van der Waals surface area contributed by atoms with Gasteiger partial charge in [0.05, 0.1) is 16.0 Å². The maximum Gasteiger partial charge on any atom is 0.166 e. The summed E-state index contributed by atoms with van der Waals surface area (Å²) in [5, 5.41) is 7.57. The van der Waals surface area contributed by atoms with Gasteiger partial charge in [0.15, 0.2) is 5.11 Å². The zero-order chi connectivity index (χ0) is 15.8. The fourth-order valence-corrected chi connectivity index (χ4v) is 3.28. The smallest absolute Gasteiger partial charge is 0.166 e. The second-order valence-electron chi connectivity index (χ2n) is 4.57. The van der Waals surface area contributed by atoms with Crippen molar-refractivity contribution in [3.8, 4) is 0 Å². The minimum absolute atomic E-state index is 0.184. The van der Waals surface area contributed by atoms with E-state index in [0.29, 0.717) is 10.1 Å². The predicted molar refractivity (Wildman–Crippen MR) is 99.7 cm³/mol. The van der Waals surface area contributed by atoms with Gasteiger partial charge in [0, 0.05) is 25.5 Å². The third-order valence-corrected chi connectivity index (χ3v) is 4.88. The Morgan fingerprint density at radius 1 is 1.27 bits per heavy atom. The van der Waals surface area contributed by atoms with E-state index in [1.54, 1.807) is 6.20 Å². The molecule has 1 atom stereocenters. The monoisotopic (exact) mass is 351 g/mol. The fourth-order valence-electron chi connectivity index (χ4n) is 1.95. The molecule has 3 nitrogen and oxygen atoms in total. The van der Waals surface area contributed by atoms with E-state index in [1.807, 2.05) is 49.1 Å². The van der Waals surface area contributed by atoms with Gasteiger partial charge in [-0.05, 0) is 29.9 Å². The van der Waals surface area contributed by atoms with Crippen LogP contribution >= 0.6 is 35.6 Å². The lowest BCUT2D eigenvalue weighted by Crippen LogP contribution is -2.33. The van der Waals surface area contributed by atoms with Gasteiger partial charge in [-0.2, -0.15) is 0 Å². The molecule has 0 radical (unpaired) electrons. The van der Waals surface area contributed by atoms with Crippen molar-refractivity contribution in [2.24, 2.45) is 0 Å². The molecule has 0 fully saturated rings. The van der Waals surface area contributed by atoms with E-state index in [9.17, 15) is 0 Å². The standard InChI is InChI=1S/C16H18ClN3S2/c1-18-16(21)19-9-10-22-15(12-5-3-2-4-6-12)14-8-7-13(17)11-20-14/h2-8,11,15H,9-10H2,1H3,(H2,18,19,21). The zero-order valence-corrected chi connectivity index (χ0v) is 14.6. The first-order valence-corrected chi connectivity index (χ1v) is 8.78. The molecule has 1 unspecified atom stereocenters. The molecule has 2 aromatic rings. The number of rotatable bonds is 6. The van der Waals surface area contributed by atoms with Crippen molar-refractivity contribution in [1.82, 2.24) is 15.6 Å². The summed E-state index contributed by atoms with van der Waals surface area (Å²) in [4.78, 5) is 4.47. The average molecular weight is 352 g/mol. The largest absolute Gasteiger partial charge is 0.366 e. The first kappa shape index (κ1) is 17.1. The van der Waals surface area contributed by atoms with E-state index in [2.05, 4.69) is 27.8 Å². The Morgan fingerprint density at radius 2 is 2.05 bits per heavy atom. The highest BCUT2D eigenvalue weighted by Crippen LogP contribution is 2.34. The third kappa shape index (κ3) is 5.16. The average Bonchev–Trinajstić information content (AvgIpc) is 2.56. The van der Waals surface area contributed by atoms with E-state index in [1.165, 1.54) is 5.56 Å².